The molecule has 0 spiro atoms. The number of anilines is 1. The van der Waals surface area contributed by atoms with Crippen LogP contribution in [0.15, 0.2) is 24.3 Å². The van der Waals surface area contributed by atoms with Crippen molar-refractivity contribution in [2.75, 3.05) is 12.3 Å². The first-order valence-corrected chi connectivity index (χ1v) is 7.56. The molecule has 1 aliphatic carbocycles. The molecule has 4 nitrogen and oxygen atoms in total. The van der Waals surface area contributed by atoms with Crippen molar-refractivity contribution in [3.63, 3.8) is 0 Å². The zero-order valence-corrected chi connectivity index (χ0v) is 12.1. The maximum absolute atomic E-state index is 12.5. The van der Waals surface area contributed by atoms with Crippen molar-refractivity contribution in [3.05, 3.63) is 29.8 Å². The molecule has 1 saturated heterocycles. The van der Waals surface area contributed by atoms with Crippen LogP contribution in [0.5, 0.6) is 0 Å². The molecule has 108 valence electrons. The Bertz CT molecular complexity index is 510. The number of carbonyl (C=O) groups excluding carboxylic acids is 1. The summed E-state index contributed by atoms with van der Waals surface area (Å²) in [6, 6.07) is 8.27. The monoisotopic (exact) mass is 273 g/mol. The number of nitrogens with one attached hydrogen (secondary N) is 1. The largest absolute Gasteiger partial charge is 0.398 e. The van der Waals surface area contributed by atoms with Crippen LogP contribution in [0.1, 0.15) is 44.6 Å². The number of likely N-dealkylation sites (tertiary alicyclic amines) is 1. The normalized spacial score (nSPS) is 24.2. The number of nitrogens with two attached hydrogens (primary N) is 1. The van der Waals surface area contributed by atoms with E-state index in [1.807, 2.05) is 29.2 Å². The minimum atomic E-state index is -0.223. The number of benzene rings is 1. The average molecular weight is 273 g/mol. The van der Waals surface area contributed by atoms with Gasteiger partial charge >= 0.3 is 6.03 Å². The lowest BCUT2D eigenvalue weighted by Crippen LogP contribution is -2.50. The summed E-state index contributed by atoms with van der Waals surface area (Å²) in [5.41, 5.74) is 7.68. The second-order valence-electron chi connectivity index (χ2n) is 6.14. The summed E-state index contributed by atoms with van der Waals surface area (Å²) in [4.78, 5) is 14.5. The van der Waals surface area contributed by atoms with Gasteiger partial charge < -0.3 is 16.0 Å². The molecule has 20 heavy (non-hydrogen) atoms. The summed E-state index contributed by atoms with van der Waals surface area (Å²) in [6.45, 7) is 3.00. The number of hydrogen-bond acceptors (Lipinski definition) is 2. The van der Waals surface area contributed by atoms with E-state index in [4.69, 9.17) is 5.73 Å². The second-order valence-corrected chi connectivity index (χ2v) is 6.14. The molecule has 0 aromatic heterocycles. The molecule has 2 aliphatic rings. The van der Waals surface area contributed by atoms with Gasteiger partial charge in [0, 0.05) is 23.8 Å². The molecule has 1 heterocycles. The summed E-state index contributed by atoms with van der Waals surface area (Å²) in [7, 11) is 0. The predicted octanol–water partition coefficient (Wildman–Crippen LogP) is 2.84. The van der Waals surface area contributed by atoms with Crippen LogP contribution in [-0.4, -0.2) is 23.5 Å². The third-order valence-electron chi connectivity index (χ3n) is 4.64. The Morgan fingerprint density at radius 1 is 1.35 bits per heavy atom. The van der Waals surface area contributed by atoms with Gasteiger partial charge in [0.2, 0.25) is 0 Å². The summed E-state index contributed by atoms with van der Waals surface area (Å²) in [5, 5.41) is 3.23. The SMILES string of the molecule is CC1CCCCN1C(=O)NC1(c2ccccc2N)CC1. The minimum Gasteiger partial charge on any atom is -0.398 e. The molecule has 1 atom stereocenters. The first kappa shape index (κ1) is 13.3. The van der Waals surface area contributed by atoms with Gasteiger partial charge in [0.05, 0.1) is 5.54 Å². The van der Waals surface area contributed by atoms with Crippen LogP contribution in [0.3, 0.4) is 0 Å². The summed E-state index contributed by atoms with van der Waals surface area (Å²) in [6.07, 6.45) is 5.40. The topological polar surface area (TPSA) is 58.4 Å². The predicted molar refractivity (Wildman–Crippen MR) is 80.3 cm³/mol. The lowest BCUT2D eigenvalue weighted by atomic mass is 10.0. The Labute approximate surface area is 120 Å². The van der Waals surface area contributed by atoms with E-state index in [2.05, 4.69) is 12.2 Å². The number of urea groups is 1. The molecule has 1 aromatic rings. The van der Waals surface area contributed by atoms with Crippen LogP contribution in [0, 0.1) is 0 Å². The van der Waals surface area contributed by atoms with E-state index >= 15 is 0 Å². The highest BCUT2D eigenvalue weighted by Crippen LogP contribution is 2.47. The highest BCUT2D eigenvalue weighted by Gasteiger charge is 2.47. The molecule has 2 amide bonds. The first-order valence-electron chi connectivity index (χ1n) is 7.56. The Hall–Kier alpha value is -1.71. The van der Waals surface area contributed by atoms with Gasteiger partial charge in [-0.3, -0.25) is 0 Å². The van der Waals surface area contributed by atoms with Crippen LogP contribution in [0.25, 0.3) is 0 Å². The quantitative estimate of drug-likeness (QED) is 0.814. The number of para-hydroxylation sites is 1. The molecule has 0 bridgehead atoms. The van der Waals surface area contributed by atoms with Crippen molar-refractivity contribution in [1.29, 1.82) is 0 Å². The maximum atomic E-state index is 12.5. The Kier molecular flexibility index (Phi) is 3.32. The van der Waals surface area contributed by atoms with Crippen molar-refractivity contribution in [3.8, 4) is 0 Å². The molecule has 0 radical (unpaired) electrons. The van der Waals surface area contributed by atoms with Gasteiger partial charge in [0.1, 0.15) is 0 Å². The van der Waals surface area contributed by atoms with E-state index in [1.54, 1.807) is 0 Å². The smallest absolute Gasteiger partial charge is 0.318 e. The van der Waals surface area contributed by atoms with Crippen LogP contribution in [-0.2, 0) is 5.54 Å². The molecule has 4 heteroatoms. The van der Waals surface area contributed by atoms with Gasteiger partial charge in [-0.1, -0.05) is 18.2 Å². The van der Waals surface area contributed by atoms with Crippen molar-refractivity contribution in [1.82, 2.24) is 10.2 Å². The van der Waals surface area contributed by atoms with E-state index in [0.717, 1.165) is 43.5 Å². The summed E-state index contributed by atoms with van der Waals surface area (Å²) in [5.74, 6) is 0. The molecule has 3 N–H and O–H groups in total. The van der Waals surface area contributed by atoms with E-state index in [0.29, 0.717) is 6.04 Å². The zero-order valence-electron chi connectivity index (χ0n) is 12.1. The van der Waals surface area contributed by atoms with Crippen LogP contribution in [0.2, 0.25) is 0 Å². The average Bonchev–Trinajstić information content (AvgIpc) is 3.20. The lowest BCUT2D eigenvalue weighted by molar-refractivity contribution is 0.153. The Balaban J connectivity index is 1.74. The van der Waals surface area contributed by atoms with Crippen molar-refractivity contribution in [2.24, 2.45) is 0 Å². The van der Waals surface area contributed by atoms with E-state index in [-0.39, 0.29) is 11.6 Å². The number of nitrogen functional groups attached to an aromatic ring is 1. The number of hydrogen-bond donors (Lipinski definition) is 2. The fourth-order valence-electron chi connectivity index (χ4n) is 3.20. The molecule has 2 fully saturated rings. The van der Waals surface area contributed by atoms with Crippen molar-refractivity contribution in [2.45, 2.75) is 50.6 Å². The molecular formula is C16H23N3O. The third kappa shape index (κ3) is 2.35. The molecule has 1 saturated carbocycles. The fraction of sp³-hybridized carbons (Fsp3) is 0.562. The van der Waals surface area contributed by atoms with E-state index < -0.39 is 0 Å². The van der Waals surface area contributed by atoms with Crippen molar-refractivity contribution < 1.29 is 4.79 Å². The van der Waals surface area contributed by atoms with Crippen molar-refractivity contribution >= 4 is 11.7 Å². The minimum absolute atomic E-state index is 0.0675. The van der Waals surface area contributed by atoms with Crippen LogP contribution < -0.4 is 11.1 Å². The second kappa shape index (κ2) is 5.00. The number of carbonyl (C=O) groups is 1. The standard InChI is InChI=1S/C16H23N3O/c1-12-6-4-5-11-19(12)15(20)18-16(9-10-16)13-7-2-3-8-14(13)17/h2-3,7-8,12H,4-6,9-11,17H2,1H3,(H,18,20). The van der Waals surface area contributed by atoms with Gasteiger partial charge in [-0.05, 0) is 45.1 Å². The van der Waals surface area contributed by atoms with Crippen LogP contribution in [0.4, 0.5) is 10.5 Å². The maximum Gasteiger partial charge on any atom is 0.318 e. The Morgan fingerprint density at radius 2 is 2.10 bits per heavy atom. The number of piperidine rings is 1. The van der Waals surface area contributed by atoms with Crippen LogP contribution >= 0.6 is 0 Å². The van der Waals surface area contributed by atoms with E-state index in [1.165, 1.54) is 6.42 Å². The van der Waals surface area contributed by atoms with E-state index in [9.17, 15) is 4.79 Å². The summed E-state index contributed by atoms with van der Waals surface area (Å²) >= 11 is 0. The fourth-order valence-corrected chi connectivity index (χ4v) is 3.20. The summed E-state index contributed by atoms with van der Waals surface area (Å²) < 4.78 is 0. The third-order valence-corrected chi connectivity index (χ3v) is 4.64. The van der Waals surface area contributed by atoms with Gasteiger partial charge in [0.25, 0.3) is 0 Å². The van der Waals surface area contributed by atoms with Gasteiger partial charge in [-0.2, -0.15) is 0 Å². The number of nitrogens with zero attached hydrogens (tertiary/aromatic N) is 1. The Morgan fingerprint density at radius 3 is 2.75 bits per heavy atom. The lowest BCUT2D eigenvalue weighted by Gasteiger charge is -2.35. The zero-order chi connectivity index (χ0) is 14.2. The molecule has 1 unspecified atom stereocenters. The number of rotatable bonds is 2. The molecule has 1 aliphatic heterocycles. The highest BCUT2D eigenvalue weighted by molar-refractivity contribution is 5.77. The highest BCUT2D eigenvalue weighted by atomic mass is 16.2. The first-order chi connectivity index (χ1) is 9.62. The number of amides is 2. The van der Waals surface area contributed by atoms with Gasteiger partial charge in [-0.25, -0.2) is 4.79 Å². The molecular weight excluding hydrogens is 250 g/mol. The van der Waals surface area contributed by atoms with Gasteiger partial charge in [-0.15, -0.1) is 0 Å². The van der Waals surface area contributed by atoms with Gasteiger partial charge in [0.15, 0.2) is 0 Å². The molecule has 1 aromatic carbocycles. The molecule has 3 rings (SSSR count).